The molecule has 0 aliphatic carbocycles. The second kappa shape index (κ2) is 7.34. The number of hydrogen-bond acceptors (Lipinski definition) is 3. The first-order valence-corrected chi connectivity index (χ1v) is 8.30. The Balaban J connectivity index is 1.80. The third-order valence-electron chi connectivity index (χ3n) is 4.49. The number of urea groups is 1. The summed E-state index contributed by atoms with van der Waals surface area (Å²) in [6, 6.07) is 12.9. The van der Waals surface area contributed by atoms with Gasteiger partial charge < -0.3 is 15.3 Å². The maximum Gasteiger partial charge on any atom is 0.318 e. The van der Waals surface area contributed by atoms with Gasteiger partial charge in [-0.2, -0.15) is 0 Å². The average molecular weight is 339 g/mol. The summed E-state index contributed by atoms with van der Waals surface area (Å²) in [7, 11) is 0. The molecule has 2 N–H and O–H groups in total. The van der Waals surface area contributed by atoms with Gasteiger partial charge in [-0.15, -0.1) is 0 Å². The fraction of sp³-hybridized carbons (Fsp3) is 0.316. The zero-order chi connectivity index (χ0) is 17.8. The minimum Gasteiger partial charge on any atom is -0.481 e. The number of likely N-dealkylation sites (tertiary alicyclic amines) is 1. The molecule has 1 aromatic carbocycles. The zero-order valence-electron chi connectivity index (χ0n) is 14.1. The summed E-state index contributed by atoms with van der Waals surface area (Å²) in [6.45, 7) is 2.70. The van der Waals surface area contributed by atoms with Crippen LogP contribution in [0.15, 0.2) is 48.7 Å². The lowest BCUT2D eigenvalue weighted by Crippen LogP contribution is -2.41. The highest BCUT2D eigenvalue weighted by Gasteiger charge is 2.32. The van der Waals surface area contributed by atoms with Crippen molar-refractivity contribution in [2.75, 3.05) is 13.1 Å². The lowest BCUT2D eigenvalue weighted by molar-refractivity contribution is -0.141. The van der Waals surface area contributed by atoms with Crippen molar-refractivity contribution in [3.8, 4) is 0 Å². The number of aliphatic carboxylic acids is 1. The number of carboxylic acids is 1. The van der Waals surface area contributed by atoms with Crippen LogP contribution >= 0.6 is 0 Å². The number of amides is 2. The molecule has 2 unspecified atom stereocenters. The van der Waals surface area contributed by atoms with Crippen molar-refractivity contribution in [2.24, 2.45) is 5.92 Å². The van der Waals surface area contributed by atoms with Crippen LogP contribution in [0.3, 0.4) is 0 Å². The van der Waals surface area contributed by atoms with Crippen molar-refractivity contribution in [1.29, 1.82) is 0 Å². The average Bonchev–Trinajstić information content (AvgIpc) is 3.12. The van der Waals surface area contributed by atoms with Gasteiger partial charge in [0.25, 0.3) is 0 Å². The SMILES string of the molecule is Cc1ccc(C(NC(=O)N2CCC(C(=O)O)C2)c2ccccn2)cc1. The Morgan fingerprint density at radius 3 is 2.60 bits per heavy atom. The molecule has 6 nitrogen and oxygen atoms in total. The Hall–Kier alpha value is -2.89. The fourth-order valence-electron chi connectivity index (χ4n) is 2.99. The summed E-state index contributed by atoms with van der Waals surface area (Å²) in [5.74, 6) is -1.34. The molecule has 6 heteroatoms. The standard InChI is InChI=1S/C19H21N3O3/c1-13-5-7-14(8-6-13)17(16-4-2-3-10-20-16)21-19(25)22-11-9-15(12-22)18(23)24/h2-8,10,15,17H,9,11-12H2,1H3,(H,21,25)(H,23,24). The second-order valence-electron chi connectivity index (χ2n) is 6.32. The molecule has 0 saturated carbocycles. The molecule has 2 amide bonds. The predicted octanol–water partition coefficient (Wildman–Crippen LogP) is 2.60. The molecule has 1 fully saturated rings. The molecule has 2 heterocycles. The van der Waals surface area contributed by atoms with Gasteiger partial charge in [-0.1, -0.05) is 35.9 Å². The van der Waals surface area contributed by atoms with Gasteiger partial charge in [-0.3, -0.25) is 9.78 Å². The number of nitrogens with one attached hydrogen (secondary N) is 1. The van der Waals surface area contributed by atoms with E-state index in [1.54, 1.807) is 11.1 Å². The van der Waals surface area contributed by atoms with Crippen molar-refractivity contribution in [3.05, 3.63) is 65.5 Å². The summed E-state index contributed by atoms with van der Waals surface area (Å²) in [6.07, 6.45) is 2.18. The van der Waals surface area contributed by atoms with Crippen LogP contribution < -0.4 is 5.32 Å². The van der Waals surface area contributed by atoms with Crippen molar-refractivity contribution in [3.63, 3.8) is 0 Å². The van der Waals surface area contributed by atoms with Gasteiger partial charge in [-0.05, 0) is 31.0 Å². The Morgan fingerprint density at radius 2 is 2.00 bits per heavy atom. The smallest absolute Gasteiger partial charge is 0.318 e. The highest BCUT2D eigenvalue weighted by Crippen LogP contribution is 2.23. The highest BCUT2D eigenvalue weighted by atomic mass is 16.4. The van der Waals surface area contributed by atoms with Crippen LogP contribution in [0, 0.1) is 12.8 Å². The number of aromatic nitrogens is 1. The Kier molecular flexibility index (Phi) is 4.97. The molecule has 0 spiro atoms. The van der Waals surface area contributed by atoms with E-state index in [0.29, 0.717) is 13.0 Å². The number of aryl methyl sites for hydroxylation is 1. The predicted molar refractivity (Wildman–Crippen MR) is 93.1 cm³/mol. The first-order chi connectivity index (χ1) is 12.0. The number of rotatable bonds is 4. The van der Waals surface area contributed by atoms with E-state index in [-0.39, 0.29) is 18.6 Å². The third kappa shape index (κ3) is 3.96. The summed E-state index contributed by atoms with van der Waals surface area (Å²) in [5.41, 5.74) is 2.82. The van der Waals surface area contributed by atoms with E-state index in [1.807, 2.05) is 49.4 Å². The van der Waals surface area contributed by atoms with E-state index in [4.69, 9.17) is 5.11 Å². The largest absolute Gasteiger partial charge is 0.481 e. The summed E-state index contributed by atoms with van der Waals surface area (Å²) >= 11 is 0. The molecule has 0 radical (unpaired) electrons. The topological polar surface area (TPSA) is 82.5 Å². The number of pyridine rings is 1. The van der Waals surface area contributed by atoms with Crippen LogP contribution in [0.1, 0.15) is 29.3 Å². The molecule has 2 aromatic rings. The van der Waals surface area contributed by atoms with E-state index >= 15 is 0 Å². The van der Waals surface area contributed by atoms with Gasteiger partial charge in [0.15, 0.2) is 0 Å². The van der Waals surface area contributed by atoms with E-state index in [9.17, 15) is 9.59 Å². The molecular formula is C19H21N3O3. The van der Waals surface area contributed by atoms with Gasteiger partial charge in [0.05, 0.1) is 17.7 Å². The molecule has 1 saturated heterocycles. The highest BCUT2D eigenvalue weighted by molar-refractivity contribution is 5.78. The Bertz CT molecular complexity index is 746. The Morgan fingerprint density at radius 1 is 1.24 bits per heavy atom. The summed E-state index contributed by atoms with van der Waals surface area (Å²) in [5, 5.41) is 12.1. The lowest BCUT2D eigenvalue weighted by atomic mass is 10.0. The number of carbonyl (C=O) groups excluding carboxylic acids is 1. The molecule has 3 rings (SSSR count). The van der Waals surface area contributed by atoms with Gasteiger partial charge in [0.2, 0.25) is 0 Å². The molecule has 25 heavy (non-hydrogen) atoms. The molecule has 1 aromatic heterocycles. The van der Waals surface area contributed by atoms with Gasteiger partial charge in [-0.25, -0.2) is 4.79 Å². The second-order valence-corrected chi connectivity index (χ2v) is 6.32. The van der Waals surface area contributed by atoms with Crippen molar-refractivity contribution in [1.82, 2.24) is 15.2 Å². The van der Waals surface area contributed by atoms with Crippen LogP contribution in [0.25, 0.3) is 0 Å². The maximum atomic E-state index is 12.6. The molecular weight excluding hydrogens is 318 g/mol. The van der Waals surface area contributed by atoms with Gasteiger partial charge in [0.1, 0.15) is 0 Å². The monoisotopic (exact) mass is 339 g/mol. The number of hydrogen-bond donors (Lipinski definition) is 2. The number of nitrogens with zero attached hydrogens (tertiary/aromatic N) is 2. The maximum absolute atomic E-state index is 12.6. The minimum absolute atomic E-state index is 0.240. The fourth-order valence-corrected chi connectivity index (χ4v) is 2.99. The van der Waals surface area contributed by atoms with Crippen LogP contribution in [0.2, 0.25) is 0 Å². The van der Waals surface area contributed by atoms with Crippen LogP contribution in [-0.2, 0) is 4.79 Å². The molecule has 0 bridgehead atoms. The summed E-state index contributed by atoms with van der Waals surface area (Å²) < 4.78 is 0. The zero-order valence-corrected chi connectivity index (χ0v) is 14.1. The third-order valence-corrected chi connectivity index (χ3v) is 4.49. The van der Waals surface area contributed by atoms with Gasteiger partial charge >= 0.3 is 12.0 Å². The minimum atomic E-state index is -0.852. The first-order valence-electron chi connectivity index (χ1n) is 8.30. The van der Waals surface area contributed by atoms with Gasteiger partial charge in [0, 0.05) is 19.3 Å². The molecule has 2 atom stereocenters. The molecule has 1 aliphatic heterocycles. The molecule has 1 aliphatic rings. The molecule has 130 valence electrons. The Labute approximate surface area is 146 Å². The number of benzene rings is 1. The quantitative estimate of drug-likeness (QED) is 0.897. The van der Waals surface area contributed by atoms with Crippen molar-refractivity contribution >= 4 is 12.0 Å². The van der Waals surface area contributed by atoms with E-state index < -0.39 is 11.9 Å². The summed E-state index contributed by atoms with van der Waals surface area (Å²) in [4.78, 5) is 29.7. The number of carbonyl (C=O) groups is 2. The van der Waals surface area contributed by atoms with Crippen LogP contribution in [0.4, 0.5) is 4.79 Å². The van der Waals surface area contributed by atoms with E-state index in [1.165, 1.54) is 0 Å². The van der Waals surface area contributed by atoms with Crippen molar-refractivity contribution in [2.45, 2.75) is 19.4 Å². The van der Waals surface area contributed by atoms with Crippen LogP contribution in [-0.4, -0.2) is 40.1 Å². The lowest BCUT2D eigenvalue weighted by Gasteiger charge is -2.23. The normalized spacial score (nSPS) is 18.0. The van der Waals surface area contributed by atoms with Crippen molar-refractivity contribution < 1.29 is 14.7 Å². The van der Waals surface area contributed by atoms with E-state index in [0.717, 1.165) is 16.8 Å². The van der Waals surface area contributed by atoms with Crippen LogP contribution in [0.5, 0.6) is 0 Å². The van der Waals surface area contributed by atoms with E-state index in [2.05, 4.69) is 10.3 Å². The number of carboxylic acid groups (broad SMARTS) is 1. The first kappa shape index (κ1) is 17.0.